The molecule has 0 fully saturated rings. The van der Waals surface area contributed by atoms with E-state index < -0.39 is 5.92 Å². The van der Waals surface area contributed by atoms with Crippen LogP contribution in [0.25, 0.3) is 0 Å². The van der Waals surface area contributed by atoms with Crippen LogP contribution in [0.1, 0.15) is 41.0 Å². The minimum atomic E-state index is -0.443. The fraction of sp³-hybridized carbons (Fsp3) is 0.579. The molecule has 4 nitrogen and oxygen atoms in total. The molecule has 23 heavy (non-hydrogen) atoms. The van der Waals surface area contributed by atoms with Gasteiger partial charge in [0, 0.05) is 12.1 Å². The van der Waals surface area contributed by atoms with Crippen molar-refractivity contribution in [3.05, 3.63) is 30.3 Å². The Bertz CT molecular complexity index is 512. The molecule has 4 heteroatoms. The normalized spacial score (nSPS) is 13.9. The maximum atomic E-state index is 12.2. The summed E-state index contributed by atoms with van der Waals surface area (Å²) in [6.07, 6.45) is 0.665. The van der Waals surface area contributed by atoms with Gasteiger partial charge < -0.3 is 4.74 Å². The number of benzene rings is 1. The molecule has 0 N–H and O–H groups in total. The fourth-order valence-electron chi connectivity index (χ4n) is 2.69. The predicted molar refractivity (Wildman–Crippen MR) is 91.9 cm³/mol. The van der Waals surface area contributed by atoms with E-state index in [9.17, 15) is 10.1 Å². The van der Waals surface area contributed by atoms with Crippen LogP contribution in [0.4, 0.5) is 0 Å². The van der Waals surface area contributed by atoms with Gasteiger partial charge in [-0.25, -0.2) is 0 Å². The molecule has 1 aromatic carbocycles. The van der Waals surface area contributed by atoms with Crippen LogP contribution in [0.3, 0.4) is 0 Å². The van der Waals surface area contributed by atoms with E-state index in [2.05, 4.69) is 38.7 Å². The summed E-state index contributed by atoms with van der Waals surface area (Å²) in [6, 6.07) is 12.1. The summed E-state index contributed by atoms with van der Waals surface area (Å²) in [5.74, 6) is -0.608. The third kappa shape index (κ3) is 6.03. The Morgan fingerprint density at radius 2 is 1.70 bits per heavy atom. The summed E-state index contributed by atoms with van der Waals surface area (Å²) >= 11 is 0. The number of nitrogens with zero attached hydrogens (tertiary/aromatic N) is 2. The van der Waals surface area contributed by atoms with Crippen LogP contribution in [0, 0.1) is 23.2 Å². The van der Waals surface area contributed by atoms with Crippen molar-refractivity contribution in [3.8, 4) is 11.8 Å². The van der Waals surface area contributed by atoms with Crippen LogP contribution < -0.4 is 4.74 Å². The number of carbonyl (C=O) groups excluding carboxylic acids is 1. The Labute approximate surface area is 140 Å². The zero-order chi connectivity index (χ0) is 17.4. The van der Waals surface area contributed by atoms with Gasteiger partial charge in [-0.15, -0.1) is 0 Å². The van der Waals surface area contributed by atoms with Crippen LogP contribution in [-0.2, 0) is 4.79 Å². The molecule has 0 saturated heterocycles. The Balaban J connectivity index is 2.62. The molecular formula is C19H28N2O2. The molecule has 0 aliphatic rings. The second kappa shape index (κ2) is 9.32. The van der Waals surface area contributed by atoms with Crippen LogP contribution in [-0.4, -0.2) is 29.5 Å². The van der Waals surface area contributed by atoms with Crippen molar-refractivity contribution in [1.29, 1.82) is 5.26 Å². The van der Waals surface area contributed by atoms with E-state index in [4.69, 9.17) is 4.74 Å². The van der Waals surface area contributed by atoms with Gasteiger partial charge in [0.15, 0.2) is 0 Å². The molecule has 2 atom stereocenters. The molecule has 0 saturated carbocycles. The van der Waals surface area contributed by atoms with Gasteiger partial charge in [-0.2, -0.15) is 5.26 Å². The molecule has 0 amide bonds. The zero-order valence-corrected chi connectivity index (χ0v) is 14.8. The van der Waals surface area contributed by atoms with E-state index in [-0.39, 0.29) is 11.9 Å². The third-order valence-electron chi connectivity index (χ3n) is 4.13. The first-order valence-electron chi connectivity index (χ1n) is 8.28. The number of rotatable bonds is 8. The lowest BCUT2D eigenvalue weighted by molar-refractivity contribution is -0.139. The lowest BCUT2D eigenvalue weighted by Gasteiger charge is -2.31. The van der Waals surface area contributed by atoms with Crippen molar-refractivity contribution in [2.24, 2.45) is 11.8 Å². The average molecular weight is 316 g/mol. The maximum absolute atomic E-state index is 12.2. The highest BCUT2D eigenvalue weighted by Gasteiger charge is 2.27. The van der Waals surface area contributed by atoms with Crippen molar-refractivity contribution in [3.63, 3.8) is 0 Å². The number of carbonyl (C=O) groups is 1. The van der Waals surface area contributed by atoms with E-state index in [0.717, 1.165) is 6.54 Å². The molecule has 0 bridgehead atoms. The smallest absolute Gasteiger partial charge is 0.315 e. The maximum Gasteiger partial charge on any atom is 0.315 e. The number of ether oxygens (including phenoxy) is 1. The van der Waals surface area contributed by atoms with Crippen molar-refractivity contribution >= 4 is 5.97 Å². The van der Waals surface area contributed by atoms with E-state index in [1.807, 2.05) is 18.2 Å². The van der Waals surface area contributed by atoms with Gasteiger partial charge in [0.2, 0.25) is 0 Å². The SMILES string of the molecule is CC(C(=O)Oc1ccccc1)C(C#N)CCN(C(C)C)C(C)C. The number of para-hydroxylation sites is 1. The molecule has 0 spiro atoms. The monoisotopic (exact) mass is 316 g/mol. The molecule has 2 unspecified atom stereocenters. The van der Waals surface area contributed by atoms with Crippen molar-refractivity contribution in [1.82, 2.24) is 4.90 Å². The zero-order valence-electron chi connectivity index (χ0n) is 14.8. The van der Waals surface area contributed by atoms with Gasteiger partial charge in [-0.1, -0.05) is 25.1 Å². The van der Waals surface area contributed by atoms with Crippen LogP contribution in [0.15, 0.2) is 30.3 Å². The minimum absolute atomic E-state index is 0.341. The van der Waals surface area contributed by atoms with Gasteiger partial charge in [-0.05, 0) is 52.8 Å². The van der Waals surface area contributed by atoms with Crippen molar-refractivity contribution < 1.29 is 9.53 Å². The second-order valence-electron chi connectivity index (χ2n) is 6.47. The molecule has 0 aliphatic heterocycles. The lowest BCUT2D eigenvalue weighted by Crippen LogP contribution is -2.39. The molecule has 1 rings (SSSR count). The van der Waals surface area contributed by atoms with Crippen molar-refractivity contribution in [2.75, 3.05) is 6.54 Å². The Hall–Kier alpha value is -1.86. The number of hydrogen-bond acceptors (Lipinski definition) is 4. The summed E-state index contributed by atoms with van der Waals surface area (Å²) in [4.78, 5) is 14.6. The van der Waals surface area contributed by atoms with Crippen LogP contribution in [0.2, 0.25) is 0 Å². The highest BCUT2D eigenvalue weighted by atomic mass is 16.5. The van der Waals surface area contributed by atoms with Crippen molar-refractivity contribution in [2.45, 2.75) is 53.1 Å². The first kappa shape index (κ1) is 19.2. The second-order valence-corrected chi connectivity index (χ2v) is 6.47. The van der Waals surface area contributed by atoms with E-state index in [1.165, 1.54) is 0 Å². The number of hydrogen-bond donors (Lipinski definition) is 0. The summed E-state index contributed by atoms with van der Waals surface area (Å²) < 4.78 is 5.36. The van der Waals surface area contributed by atoms with Gasteiger partial charge in [0.05, 0.1) is 17.9 Å². The number of esters is 1. The van der Waals surface area contributed by atoms with Gasteiger partial charge in [-0.3, -0.25) is 9.69 Å². The van der Waals surface area contributed by atoms with E-state index in [1.54, 1.807) is 19.1 Å². The van der Waals surface area contributed by atoms with Gasteiger partial charge in [0.25, 0.3) is 0 Å². The summed E-state index contributed by atoms with van der Waals surface area (Å²) in [5, 5.41) is 9.43. The third-order valence-corrected chi connectivity index (χ3v) is 4.13. The summed E-state index contributed by atoms with van der Waals surface area (Å²) in [7, 11) is 0. The highest BCUT2D eigenvalue weighted by Crippen LogP contribution is 2.20. The molecule has 0 aliphatic carbocycles. The molecule has 126 valence electrons. The predicted octanol–water partition coefficient (Wildman–Crippen LogP) is 3.88. The van der Waals surface area contributed by atoms with E-state index >= 15 is 0 Å². The highest BCUT2D eigenvalue weighted by molar-refractivity contribution is 5.75. The minimum Gasteiger partial charge on any atom is -0.426 e. The lowest BCUT2D eigenvalue weighted by atomic mass is 9.92. The largest absolute Gasteiger partial charge is 0.426 e. The molecule has 0 aromatic heterocycles. The molecule has 0 heterocycles. The first-order valence-corrected chi connectivity index (χ1v) is 8.28. The van der Waals surface area contributed by atoms with Gasteiger partial charge >= 0.3 is 5.97 Å². The molecule has 1 aromatic rings. The van der Waals surface area contributed by atoms with E-state index in [0.29, 0.717) is 24.3 Å². The Morgan fingerprint density at radius 3 is 2.17 bits per heavy atom. The molecule has 0 radical (unpaired) electrons. The topological polar surface area (TPSA) is 53.3 Å². The average Bonchev–Trinajstić information content (AvgIpc) is 2.51. The Morgan fingerprint density at radius 1 is 1.13 bits per heavy atom. The van der Waals surface area contributed by atoms with Gasteiger partial charge in [0.1, 0.15) is 5.75 Å². The summed E-state index contributed by atoms with van der Waals surface area (Å²) in [5.41, 5.74) is 0. The number of nitriles is 1. The van der Waals surface area contributed by atoms with Crippen LogP contribution in [0.5, 0.6) is 5.75 Å². The quantitative estimate of drug-likeness (QED) is 0.539. The first-order chi connectivity index (χ1) is 10.9. The standard InChI is InChI=1S/C19H28N2O2/c1-14(2)21(15(3)4)12-11-17(13-20)16(5)19(22)23-18-9-7-6-8-10-18/h6-10,14-17H,11-12H2,1-5H3. The molecular weight excluding hydrogens is 288 g/mol. The van der Waals surface area contributed by atoms with Crippen LogP contribution >= 0.6 is 0 Å². The fourth-order valence-corrected chi connectivity index (χ4v) is 2.69. The summed E-state index contributed by atoms with van der Waals surface area (Å²) in [6.45, 7) is 11.2. The Kier molecular flexibility index (Phi) is 7.77.